The van der Waals surface area contributed by atoms with Crippen molar-refractivity contribution in [3.63, 3.8) is 0 Å². The second kappa shape index (κ2) is 12.3. The van der Waals surface area contributed by atoms with Gasteiger partial charge in [0.2, 0.25) is 0 Å². The fourth-order valence-electron chi connectivity index (χ4n) is 3.31. The minimum Gasteiger partial charge on any atom is -0.493 e. The van der Waals surface area contributed by atoms with E-state index in [0.29, 0.717) is 12.5 Å². The zero-order valence-corrected chi connectivity index (χ0v) is 19.0. The van der Waals surface area contributed by atoms with E-state index in [1.807, 2.05) is 0 Å². The van der Waals surface area contributed by atoms with Gasteiger partial charge in [-0.15, -0.1) is 0 Å². The lowest BCUT2D eigenvalue weighted by atomic mass is 9.98. The van der Waals surface area contributed by atoms with Crippen LogP contribution in [0.2, 0.25) is 0 Å². The Morgan fingerprint density at radius 3 is 2.18 bits per heavy atom. The number of unbranched alkanes of at least 4 members (excludes halogenated alkanes) is 2. The number of hydrazine groups is 1. The fourth-order valence-corrected chi connectivity index (χ4v) is 3.60. The Balaban J connectivity index is 2.27. The molecule has 0 spiro atoms. The van der Waals surface area contributed by atoms with Gasteiger partial charge in [0.25, 0.3) is 0 Å². The number of benzene rings is 1. The van der Waals surface area contributed by atoms with E-state index in [1.54, 1.807) is 0 Å². The van der Waals surface area contributed by atoms with Gasteiger partial charge in [-0.2, -0.15) is 0 Å². The molecular formula is C23H38N2O2S. The van der Waals surface area contributed by atoms with Gasteiger partial charge < -0.3 is 14.9 Å². The van der Waals surface area contributed by atoms with Gasteiger partial charge in [-0.25, -0.2) is 5.01 Å². The first kappa shape index (κ1) is 23.0. The van der Waals surface area contributed by atoms with E-state index in [1.165, 1.54) is 24.8 Å². The summed E-state index contributed by atoms with van der Waals surface area (Å²) in [5, 5.41) is 2.24. The van der Waals surface area contributed by atoms with Crippen LogP contribution in [-0.4, -0.2) is 36.3 Å². The quantitative estimate of drug-likeness (QED) is 0.369. The van der Waals surface area contributed by atoms with Crippen molar-refractivity contribution in [2.75, 3.05) is 26.3 Å². The maximum atomic E-state index is 6.14. The van der Waals surface area contributed by atoms with Gasteiger partial charge in [-0.05, 0) is 43.2 Å². The largest absolute Gasteiger partial charge is 0.493 e. The molecule has 0 aliphatic carbocycles. The number of ether oxygens (including phenoxy) is 2. The molecule has 28 heavy (non-hydrogen) atoms. The molecule has 0 atom stereocenters. The standard InChI is InChI=1S/C23H38N2O2S/c1-5-7-14-26-21-17-22(27-15-8-6-2)20(16-19(21)18(3)4)23(28)24-25-12-10-9-11-13-25/h16-18H,5-15H2,1-4H3,(H,24,28). The molecule has 0 radical (unpaired) electrons. The zero-order chi connectivity index (χ0) is 20.4. The van der Waals surface area contributed by atoms with E-state index in [9.17, 15) is 0 Å². The Morgan fingerprint density at radius 2 is 1.61 bits per heavy atom. The van der Waals surface area contributed by atoms with Crippen LogP contribution in [0.1, 0.15) is 89.7 Å². The SMILES string of the molecule is CCCCOc1cc(OCCCC)c(C(C)C)cc1C(=S)NN1CCCCC1. The van der Waals surface area contributed by atoms with Crippen LogP contribution in [-0.2, 0) is 0 Å². The number of nitrogens with one attached hydrogen (secondary N) is 1. The molecule has 1 heterocycles. The average molecular weight is 407 g/mol. The van der Waals surface area contributed by atoms with Crippen LogP contribution in [0.25, 0.3) is 0 Å². The molecule has 1 aromatic rings. The molecule has 1 fully saturated rings. The van der Waals surface area contributed by atoms with E-state index in [2.05, 4.69) is 50.3 Å². The van der Waals surface area contributed by atoms with Crippen molar-refractivity contribution in [2.24, 2.45) is 0 Å². The Kier molecular flexibility index (Phi) is 10.1. The highest BCUT2D eigenvalue weighted by Gasteiger charge is 2.19. The molecule has 0 unspecified atom stereocenters. The summed E-state index contributed by atoms with van der Waals surface area (Å²) in [6.45, 7) is 12.3. The number of rotatable bonds is 11. The molecule has 0 amide bonds. The molecular weight excluding hydrogens is 368 g/mol. The highest BCUT2D eigenvalue weighted by Crippen LogP contribution is 2.34. The number of thiocarbonyl (C=S) groups is 1. The smallest absolute Gasteiger partial charge is 0.133 e. The summed E-state index contributed by atoms with van der Waals surface area (Å²) in [5.41, 5.74) is 5.61. The molecule has 1 aliphatic rings. The number of hydrogen-bond acceptors (Lipinski definition) is 4. The molecule has 1 saturated heterocycles. The van der Waals surface area contributed by atoms with E-state index in [4.69, 9.17) is 21.7 Å². The van der Waals surface area contributed by atoms with E-state index < -0.39 is 0 Å². The highest BCUT2D eigenvalue weighted by atomic mass is 32.1. The lowest BCUT2D eigenvalue weighted by molar-refractivity contribution is 0.196. The normalized spacial score (nSPS) is 14.9. The molecule has 1 aliphatic heterocycles. The van der Waals surface area contributed by atoms with Crippen molar-refractivity contribution >= 4 is 17.2 Å². The monoisotopic (exact) mass is 406 g/mol. The van der Waals surface area contributed by atoms with Crippen LogP contribution in [0.5, 0.6) is 11.5 Å². The predicted molar refractivity (Wildman–Crippen MR) is 122 cm³/mol. The Labute approximate surface area is 176 Å². The van der Waals surface area contributed by atoms with E-state index >= 15 is 0 Å². The molecule has 0 aromatic heterocycles. The molecule has 5 heteroatoms. The molecule has 1 aromatic carbocycles. The van der Waals surface area contributed by atoms with Gasteiger partial charge in [0, 0.05) is 19.2 Å². The van der Waals surface area contributed by atoms with Gasteiger partial charge in [0.05, 0.1) is 18.8 Å². The van der Waals surface area contributed by atoms with E-state index in [-0.39, 0.29) is 0 Å². The lowest BCUT2D eigenvalue weighted by Crippen LogP contribution is -2.44. The first-order chi connectivity index (χ1) is 13.6. The third kappa shape index (κ3) is 6.93. The van der Waals surface area contributed by atoms with Crippen LogP contribution in [0.3, 0.4) is 0 Å². The summed E-state index contributed by atoms with van der Waals surface area (Å²) in [7, 11) is 0. The molecule has 0 bridgehead atoms. The maximum Gasteiger partial charge on any atom is 0.133 e. The molecule has 158 valence electrons. The summed E-state index contributed by atoms with van der Waals surface area (Å²) >= 11 is 5.79. The summed E-state index contributed by atoms with van der Waals surface area (Å²) in [6, 6.07) is 4.23. The zero-order valence-electron chi connectivity index (χ0n) is 18.2. The Bertz CT molecular complexity index is 613. The lowest BCUT2D eigenvalue weighted by Gasteiger charge is -2.29. The second-order valence-corrected chi connectivity index (χ2v) is 8.34. The summed E-state index contributed by atoms with van der Waals surface area (Å²) < 4.78 is 12.3. The third-order valence-electron chi connectivity index (χ3n) is 5.11. The van der Waals surface area contributed by atoms with Crippen LogP contribution in [0, 0.1) is 0 Å². The number of piperidine rings is 1. The van der Waals surface area contributed by atoms with Crippen molar-refractivity contribution in [3.8, 4) is 11.5 Å². The first-order valence-corrected chi connectivity index (χ1v) is 11.5. The summed E-state index contributed by atoms with van der Waals surface area (Å²) in [5.74, 6) is 2.12. The predicted octanol–water partition coefficient (Wildman–Crippen LogP) is 5.83. The van der Waals surface area contributed by atoms with Crippen molar-refractivity contribution in [2.45, 2.75) is 78.6 Å². The van der Waals surface area contributed by atoms with Crippen LogP contribution in [0.15, 0.2) is 12.1 Å². The molecule has 2 rings (SSSR count). The highest BCUT2D eigenvalue weighted by molar-refractivity contribution is 7.80. The molecule has 4 nitrogen and oxygen atoms in total. The molecule has 0 saturated carbocycles. The summed E-state index contributed by atoms with van der Waals surface area (Å²) in [6.07, 6.45) is 8.06. The van der Waals surface area contributed by atoms with Crippen molar-refractivity contribution in [1.82, 2.24) is 10.4 Å². The number of hydrogen-bond donors (Lipinski definition) is 1. The van der Waals surface area contributed by atoms with Crippen molar-refractivity contribution in [3.05, 3.63) is 23.3 Å². The van der Waals surface area contributed by atoms with Gasteiger partial charge in [0.15, 0.2) is 0 Å². The van der Waals surface area contributed by atoms with Gasteiger partial charge in [0.1, 0.15) is 16.5 Å². The second-order valence-electron chi connectivity index (χ2n) is 7.93. The minimum atomic E-state index is 0.359. The molecule has 1 N–H and O–H groups in total. The maximum absolute atomic E-state index is 6.14. The average Bonchev–Trinajstić information content (AvgIpc) is 2.69. The third-order valence-corrected chi connectivity index (χ3v) is 5.42. The van der Waals surface area contributed by atoms with Crippen LogP contribution < -0.4 is 14.9 Å². The Morgan fingerprint density at radius 1 is 1.00 bits per heavy atom. The van der Waals surface area contributed by atoms with E-state index in [0.717, 1.165) is 67.4 Å². The van der Waals surface area contributed by atoms with Crippen LogP contribution in [0.4, 0.5) is 0 Å². The van der Waals surface area contributed by atoms with Gasteiger partial charge in [-0.3, -0.25) is 0 Å². The minimum absolute atomic E-state index is 0.359. The fraction of sp³-hybridized carbons (Fsp3) is 0.696. The van der Waals surface area contributed by atoms with Crippen molar-refractivity contribution in [1.29, 1.82) is 0 Å². The topological polar surface area (TPSA) is 33.7 Å². The summed E-state index contributed by atoms with van der Waals surface area (Å²) in [4.78, 5) is 0.746. The number of nitrogens with zero attached hydrogens (tertiary/aromatic N) is 1. The Hall–Kier alpha value is -1.33. The van der Waals surface area contributed by atoms with Gasteiger partial charge >= 0.3 is 0 Å². The van der Waals surface area contributed by atoms with Crippen LogP contribution >= 0.6 is 12.2 Å². The first-order valence-electron chi connectivity index (χ1n) is 11.1. The van der Waals surface area contributed by atoms with Crippen molar-refractivity contribution < 1.29 is 9.47 Å². The van der Waals surface area contributed by atoms with Gasteiger partial charge in [-0.1, -0.05) is 59.2 Å².